The first-order valence-corrected chi connectivity index (χ1v) is 5.68. The van der Waals surface area contributed by atoms with E-state index >= 15 is 0 Å². The number of nitrogens with one attached hydrogen (secondary N) is 1. The van der Waals surface area contributed by atoms with E-state index in [2.05, 4.69) is 5.32 Å². The number of hydrogen-bond acceptors (Lipinski definition) is 3. The number of carboxylic acid groups (broad SMARTS) is 1. The van der Waals surface area contributed by atoms with Gasteiger partial charge >= 0.3 is 12.0 Å². The average Bonchev–Trinajstić information content (AvgIpc) is 2.37. The molecular weight excluding hydrogens is 246 g/mol. The standard InChI is InChI=1S/C13H15N3O3/c1-9-4-5-11(10(8-9)12(17)18)15-13(19)16(2)7-3-6-14/h4-5,8H,3,7H2,1-2H3,(H,15,19)(H,17,18). The second-order valence-corrected chi connectivity index (χ2v) is 4.11. The summed E-state index contributed by atoms with van der Waals surface area (Å²) < 4.78 is 0. The largest absolute Gasteiger partial charge is 0.478 e. The van der Waals surface area contributed by atoms with Gasteiger partial charge in [0.25, 0.3) is 0 Å². The summed E-state index contributed by atoms with van der Waals surface area (Å²) in [4.78, 5) is 24.2. The van der Waals surface area contributed by atoms with E-state index < -0.39 is 12.0 Å². The van der Waals surface area contributed by atoms with Crippen LogP contribution in [0, 0.1) is 18.3 Å². The van der Waals surface area contributed by atoms with Gasteiger partial charge < -0.3 is 15.3 Å². The minimum Gasteiger partial charge on any atom is -0.478 e. The smallest absolute Gasteiger partial charge is 0.337 e. The quantitative estimate of drug-likeness (QED) is 0.867. The summed E-state index contributed by atoms with van der Waals surface area (Å²) in [5, 5.41) is 20.0. The molecule has 6 heteroatoms. The van der Waals surface area contributed by atoms with Gasteiger partial charge in [-0.1, -0.05) is 11.6 Å². The van der Waals surface area contributed by atoms with E-state index in [0.29, 0.717) is 0 Å². The van der Waals surface area contributed by atoms with Crippen LogP contribution in [0.15, 0.2) is 18.2 Å². The zero-order chi connectivity index (χ0) is 14.4. The zero-order valence-corrected chi connectivity index (χ0v) is 10.8. The molecule has 1 aromatic rings. The van der Waals surface area contributed by atoms with Crippen molar-refractivity contribution in [1.82, 2.24) is 4.90 Å². The number of amides is 2. The number of aromatic carboxylic acids is 1. The summed E-state index contributed by atoms with van der Waals surface area (Å²) in [6.45, 7) is 2.06. The van der Waals surface area contributed by atoms with Gasteiger partial charge in [0, 0.05) is 13.6 Å². The lowest BCUT2D eigenvalue weighted by atomic mass is 10.1. The summed E-state index contributed by atoms with van der Waals surface area (Å²) in [7, 11) is 1.54. The summed E-state index contributed by atoms with van der Waals surface area (Å²) in [5.74, 6) is -1.10. The first-order valence-electron chi connectivity index (χ1n) is 5.68. The van der Waals surface area contributed by atoms with Gasteiger partial charge in [0.15, 0.2) is 0 Å². The highest BCUT2D eigenvalue weighted by Gasteiger charge is 2.14. The molecule has 0 aliphatic rings. The van der Waals surface area contributed by atoms with Gasteiger partial charge in [-0.25, -0.2) is 9.59 Å². The molecule has 2 N–H and O–H groups in total. The molecule has 2 amide bonds. The monoisotopic (exact) mass is 261 g/mol. The summed E-state index contributed by atoms with van der Waals surface area (Å²) in [6.07, 6.45) is 0.226. The maximum atomic E-state index is 11.8. The molecule has 1 aromatic carbocycles. The Morgan fingerprint density at radius 2 is 2.16 bits per heavy atom. The molecule has 1 rings (SSSR count). The first kappa shape index (κ1) is 14.5. The Morgan fingerprint density at radius 1 is 1.47 bits per heavy atom. The number of nitriles is 1. The van der Waals surface area contributed by atoms with E-state index in [1.165, 1.54) is 11.0 Å². The van der Waals surface area contributed by atoms with Crippen molar-refractivity contribution in [2.24, 2.45) is 0 Å². The number of anilines is 1. The van der Waals surface area contributed by atoms with Gasteiger partial charge in [-0.2, -0.15) is 5.26 Å². The second kappa shape index (κ2) is 6.40. The second-order valence-electron chi connectivity index (χ2n) is 4.11. The Labute approximate surface area is 111 Å². The lowest BCUT2D eigenvalue weighted by Crippen LogP contribution is -2.32. The number of carbonyl (C=O) groups is 2. The summed E-state index contributed by atoms with van der Waals surface area (Å²) in [5.41, 5.74) is 1.09. The molecule has 0 bridgehead atoms. The van der Waals surface area contributed by atoms with Crippen LogP contribution in [-0.2, 0) is 0 Å². The Bertz CT molecular complexity index is 534. The minimum absolute atomic E-state index is 0.0435. The number of urea groups is 1. The highest BCUT2D eigenvalue weighted by Crippen LogP contribution is 2.17. The normalized spacial score (nSPS) is 9.53. The molecule has 0 saturated carbocycles. The van der Waals surface area contributed by atoms with Crippen LogP contribution in [0.4, 0.5) is 10.5 Å². The van der Waals surface area contributed by atoms with Crippen molar-refractivity contribution in [3.8, 4) is 6.07 Å². The predicted molar refractivity (Wildman–Crippen MR) is 70.0 cm³/mol. The van der Waals surface area contributed by atoms with Gasteiger partial charge in [0.05, 0.1) is 23.7 Å². The fourth-order valence-electron chi connectivity index (χ4n) is 1.47. The number of carboxylic acids is 1. The summed E-state index contributed by atoms with van der Waals surface area (Å²) in [6, 6.07) is 6.26. The van der Waals surface area contributed by atoms with Gasteiger partial charge in [-0.05, 0) is 19.1 Å². The number of hydrogen-bond donors (Lipinski definition) is 2. The van der Waals surface area contributed by atoms with Crippen molar-refractivity contribution in [1.29, 1.82) is 5.26 Å². The van der Waals surface area contributed by atoms with Crippen LogP contribution in [0.2, 0.25) is 0 Å². The maximum Gasteiger partial charge on any atom is 0.337 e. The Kier molecular flexibility index (Phi) is 4.89. The van der Waals surface area contributed by atoms with Crippen LogP contribution in [0.1, 0.15) is 22.3 Å². The molecule has 0 aliphatic heterocycles. The Morgan fingerprint density at radius 3 is 2.74 bits per heavy atom. The predicted octanol–water partition coefficient (Wildman–Crippen LogP) is 2.07. The lowest BCUT2D eigenvalue weighted by molar-refractivity contribution is 0.0698. The molecule has 6 nitrogen and oxygen atoms in total. The van der Waals surface area contributed by atoms with Crippen molar-refractivity contribution >= 4 is 17.7 Å². The van der Waals surface area contributed by atoms with E-state index in [1.54, 1.807) is 26.1 Å². The van der Waals surface area contributed by atoms with E-state index in [4.69, 9.17) is 10.4 Å². The van der Waals surface area contributed by atoms with Crippen LogP contribution in [0.5, 0.6) is 0 Å². The molecule has 0 saturated heterocycles. The zero-order valence-electron chi connectivity index (χ0n) is 10.8. The first-order chi connectivity index (χ1) is 8.95. The highest BCUT2D eigenvalue weighted by atomic mass is 16.4. The van der Waals surface area contributed by atoms with Gasteiger partial charge in [0.2, 0.25) is 0 Å². The van der Waals surface area contributed by atoms with Crippen molar-refractivity contribution in [2.75, 3.05) is 18.9 Å². The van der Waals surface area contributed by atoms with Gasteiger partial charge in [0.1, 0.15) is 0 Å². The molecule has 0 radical (unpaired) electrons. The third kappa shape index (κ3) is 4.00. The minimum atomic E-state index is -1.10. The summed E-state index contributed by atoms with van der Waals surface area (Å²) >= 11 is 0. The fourth-order valence-corrected chi connectivity index (χ4v) is 1.47. The molecule has 0 fully saturated rings. The molecular formula is C13H15N3O3. The van der Waals surface area contributed by atoms with Crippen LogP contribution in [0.3, 0.4) is 0 Å². The molecule has 0 heterocycles. The van der Waals surface area contributed by atoms with Crippen LogP contribution < -0.4 is 5.32 Å². The van der Waals surface area contributed by atoms with E-state index in [0.717, 1.165) is 5.56 Å². The molecule has 19 heavy (non-hydrogen) atoms. The lowest BCUT2D eigenvalue weighted by Gasteiger charge is -2.17. The number of aryl methyl sites for hydroxylation is 1. The molecule has 0 aromatic heterocycles. The van der Waals surface area contributed by atoms with Crippen molar-refractivity contribution < 1.29 is 14.7 Å². The van der Waals surface area contributed by atoms with Crippen molar-refractivity contribution in [3.05, 3.63) is 29.3 Å². The van der Waals surface area contributed by atoms with Crippen molar-refractivity contribution in [2.45, 2.75) is 13.3 Å². The Balaban J connectivity index is 2.85. The van der Waals surface area contributed by atoms with E-state index in [-0.39, 0.29) is 24.2 Å². The third-order valence-corrected chi connectivity index (χ3v) is 2.55. The molecule has 0 unspecified atom stereocenters. The van der Waals surface area contributed by atoms with Gasteiger partial charge in [-0.15, -0.1) is 0 Å². The third-order valence-electron chi connectivity index (χ3n) is 2.55. The van der Waals surface area contributed by atoms with E-state index in [1.807, 2.05) is 6.07 Å². The molecule has 100 valence electrons. The number of rotatable bonds is 4. The molecule has 0 atom stereocenters. The number of carbonyl (C=O) groups excluding carboxylic acids is 1. The van der Waals surface area contributed by atoms with Gasteiger partial charge in [-0.3, -0.25) is 0 Å². The van der Waals surface area contributed by atoms with Crippen LogP contribution in [0.25, 0.3) is 0 Å². The van der Waals surface area contributed by atoms with Crippen molar-refractivity contribution in [3.63, 3.8) is 0 Å². The fraction of sp³-hybridized carbons (Fsp3) is 0.308. The topological polar surface area (TPSA) is 93.4 Å². The van der Waals surface area contributed by atoms with Crippen LogP contribution in [-0.4, -0.2) is 35.6 Å². The number of nitrogens with zero attached hydrogens (tertiary/aromatic N) is 2. The Hall–Kier alpha value is -2.55. The maximum absolute atomic E-state index is 11.8. The number of benzene rings is 1. The van der Waals surface area contributed by atoms with E-state index in [9.17, 15) is 9.59 Å². The van der Waals surface area contributed by atoms with Crippen LogP contribution >= 0.6 is 0 Å². The average molecular weight is 261 g/mol. The highest BCUT2D eigenvalue weighted by molar-refractivity contribution is 6.00. The SMILES string of the molecule is Cc1ccc(NC(=O)N(C)CCC#N)c(C(=O)O)c1. The molecule has 0 aliphatic carbocycles. The molecule has 0 spiro atoms.